The van der Waals surface area contributed by atoms with Crippen LogP contribution in [0.5, 0.6) is 0 Å². The fourth-order valence-electron chi connectivity index (χ4n) is 3.09. The van der Waals surface area contributed by atoms with Gasteiger partial charge in [0.2, 0.25) is 0 Å². The quantitative estimate of drug-likeness (QED) is 0.789. The summed E-state index contributed by atoms with van der Waals surface area (Å²) in [5, 5.41) is 10.9. The highest BCUT2D eigenvalue weighted by molar-refractivity contribution is 9.13. The van der Waals surface area contributed by atoms with Gasteiger partial charge in [0.15, 0.2) is 0 Å². The summed E-state index contributed by atoms with van der Waals surface area (Å²) in [5.41, 5.74) is 8.24. The highest BCUT2D eigenvalue weighted by atomic mass is 79.9. The number of benzene rings is 1. The Labute approximate surface area is 139 Å². The van der Waals surface area contributed by atoms with Crippen LogP contribution in [0.1, 0.15) is 28.5 Å². The molecule has 5 heteroatoms. The lowest BCUT2D eigenvalue weighted by molar-refractivity contribution is 0.0872. The first kappa shape index (κ1) is 14.7. The number of fused-ring (bicyclic) bond motifs is 1. The lowest BCUT2D eigenvalue weighted by atomic mass is 9.76. The largest absolute Gasteiger partial charge is 0.387 e. The lowest BCUT2D eigenvalue weighted by Gasteiger charge is -2.33. The van der Waals surface area contributed by atoms with E-state index in [1.54, 1.807) is 11.3 Å². The van der Waals surface area contributed by atoms with E-state index in [2.05, 4.69) is 50.1 Å². The Kier molecular flexibility index (Phi) is 4.08. The van der Waals surface area contributed by atoms with Gasteiger partial charge in [-0.15, -0.1) is 11.3 Å². The van der Waals surface area contributed by atoms with Gasteiger partial charge in [0.05, 0.1) is 9.89 Å². The molecule has 0 aliphatic heterocycles. The van der Waals surface area contributed by atoms with Crippen LogP contribution in [0.4, 0.5) is 0 Å². The third kappa shape index (κ3) is 2.20. The van der Waals surface area contributed by atoms with Crippen molar-refractivity contribution in [3.05, 3.63) is 54.6 Å². The Bertz CT molecular complexity index is 623. The zero-order chi connectivity index (χ0) is 14.3. The summed E-state index contributed by atoms with van der Waals surface area (Å²) in [5.74, 6) is 0. The van der Waals surface area contributed by atoms with Gasteiger partial charge < -0.3 is 10.8 Å². The number of nitrogens with two attached hydrogens (primary N) is 1. The molecule has 0 saturated heterocycles. The second-order valence-corrected chi connectivity index (χ2v) is 8.45. The minimum atomic E-state index is -0.566. The first-order chi connectivity index (χ1) is 9.58. The number of aryl methyl sites for hydroxylation is 1. The fraction of sp³-hybridized carbons (Fsp3) is 0.333. The molecule has 0 radical (unpaired) electrons. The molecular formula is C15H15Br2NOS. The van der Waals surface area contributed by atoms with Crippen molar-refractivity contribution in [1.82, 2.24) is 0 Å². The second-order valence-electron chi connectivity index (χ2n) is 5.19. The van der Waals surface area contributed by atoms with Gasteiger partial charge in [0.25, 0.3) is 0 Å². The molecule has 0 amide bonds. The Morgan fingerprint density at radius 2 is 2.10 bits per heavy atom. The van der Waals surface area contributed by atoms with Crippen LogP contribution in [0, 0.1) is 0 Å². The fourth-order valence-corrected chi connectivity index (χ4v) is 5.29. The van der Waals surface area contributed by atoms with E-state index in [0.717, 1.165) is 26.0 Å². The van der Waals surface area contributed by atoms with Crippen molar-refractivity contribution >= 4 is 43.2 Å². The van der Waals surface area contributed by atoms with Crippen molar-refractivity contribution in [1.29, 1.82) is 0 Å². The number of hydrogen-bond acceptors (Lipinski definition) is 3. The highest BCUT2D eigenvalue weighted by Gasteiger charge is 2.44. The molecule has 1 aliphatic carbocycles. The maximum absolute atomic E-state index is 10.9. The van der Waals surface area contributed by atoms with Gasteiger partial charge in [0, 0.05) is 21.3 Å². The average Bonchev–Trinajstić information content (AvgIpc) is 3.00. The van der Waals surface area contributed by atoms with Crippen LogP contribution >= 0.6 is 43.2 Å². The van der Waals surface area contributed by atoms with Crippen molar-refractivity contribution in [3.8, 4) is 0 Å². The van der Waals surface area contributed by atoms with Crippen LogP contribution in [0.2, 0.25) is 0 Å². The number of aliphatic hydroxyl groups is 1. The molecular weight excluding hydrogens is 402 g/mol. The standard InChI is InChI=1S/C15H15Br2NOS/c16-11-7-12(20-14(11)17)13(19)15(8-18)6-5-9-3-1-2-4-10(9)15/h1-4,7,13,19H,5-6,8,18H2. The van der Waals surface area contributed by atoms with Crippen LogP contribution < -0.4 is 5.73 Å². The number of halogens is 2. The maximum atomic E-state index is 10.9. The second kappa shape index (κ2) is 5.54. The summed E-state index contributed by atoms with van der Waals surface area (Å²) < 4.78 is 1.99. The van der Waals surface area contributed by atoms with E-state index < -0.39 is 6.10 Å². The zero-order valence-electron chi connectivity index (χ0n) is 10.8. The zero-order valence-corrected chi connectivity index (χ0v) is 14.8. The first-order valence-electron chi connectivity index (χ1n) is 6.50. The van der Waals surface area contributed by atoms with Gasteiger partial charge in [0.1, 0.15) is 0 Å². The summed E-state index contributed by atoms with van der Waals surface area (Å²) in [6.45, 7) is 0.457. The number of thiophene rings is 1. The molecule has 3 N–H and O–H groups in total. The minimum Gasteiger partial charge on any atom is -0.387 e. The Morgan fingerprint density at radius 3 is 2.75 bits per heavy atom. The molecule has 0 fully saturated rings. The molecule has 0 saturated carbocycles. The lowest BCUT2D eigenvalue weighted by Crippen LogP contribution is -2.38. The molecule has 0 bridgehead atoms. The Hall–Kier alpha value is -0.200. The summed E-state index contributed by atoms with van der Waals surface area (Å²) in [6, 6.07) is 10.3. The van der Waals surface area contributed by atoms with Crippen LogP contribution in [-0.2, 0) is 11.8 Å². The minimum absolute atomic E-state index is 0.361. The third-order valence-electron chi connectivity index (χ3n) is 4.22. The topological polar surface area (TPSA) is 46.2 Å². The predicted molar refractivity (Wildman–Crippen MR) is 90.2 cm³/mol. The third-order valence-corrected chi connectivity index (χ3v) is 7.52. The number of aliphatic hydroxyl groups excluding tert-OH is 1. The maximum Gasteiger partial charge on any atom is 0.0991 e. The molecule has 20 heavy (non-hydrogen) atoms. The van der Waals surface area contributed by atoms with Crippen molar-refractivity contribution < 1.29 is 5.11 Å². The van der Waals surface area contributed by atoms with Crippen LogP contribution in [0.15, 0.2) is 38.6 Å². The molecule has 1 aromatic heterocycles. The molecule has 2 atom stereocenters. The highest BCUT2D eigenvalue weighted by Crippen LogP contribution is 2.49. The van der Waals surface area contributed by atoms with E-state index in [0.29, 0.717) is 6.54 Å². The monoisotopic (exact) mass is 415 g/mol. The van der Waals surface area contributed by atoms with Gasteiger partial charge in [-0.3, -0.25) is 0 Å². The van der Waals surface area contributed by atoms with Gasteiger partial charge in [-0.25, -0.2) is 0 Å². The molecule has 1 aromatic carbocycles. The van der Waals surface area contributed by atoms with Crippen LogP contribution in [0.3, 0.4) is 0 Å². The number of hydrogen-bond donors (Lipinski definition) is 2. The van der Waals surface area contributed by atoms with E-state index in [4.69, 9.17) is 5.73 Å². The van der Waals surface area contributed by atoms with E-state index in [1.807, 2.05) is 12.1 Å². The first-order valence-corrected chi connectivity index (χ1v) is 8.90. The van der Waals surface area contributed by atoms with Gasteiger partial charge in [-0.1, -0.05) is 24.3 Å². The molecule has 2 aromatic rings. The van der Waals surface area contributed by atoms with Crippen molar-refractivity contribution in [3.63, 3.8) is 0 Å². The molecule has 1 heterocycles. The normalized spacial score (nSPS) is 22.8. The number of rotatable bonds is 3. The summed E-state index contributed by atoms with van der Waals surface area (Å²) >= 11 is 8.54. The molecule has 2 unspecified atom stereocenters. The molecule has 2 nitrogen and oxygen atoms in total. The smallest absolute Gasteiger partial charge is 0.0991 e. The molecule has 1 aliphatic rings. The van der Waals surface area contributed by atoms with Crippen molar-refractivity contribution in [2.75, 3.05) is 6.54 Å². The SMILES string of the molecule is NCC1(C(O)c2cc(Br)c(Br)s2)CCc2ccccc21. The average molecular weight is 417 g/mol. The van der Waals surface area contributed by atoms with E-state index in [1.165, 1.54) is 11.1 Å². The predicted octanol–water partition coefficient (Wildman–Crippen LogP) is 4.15. The molecule has 0 spiro atoms. The van der Waals surface area contributed by atoms with Crippen LogP contribution in [0.25, 0.3) is 0 Å². The summed E-state index contributed by atoms with van der Waals surface area (Å²) in [7, 11) is 0. The van der Waals surface area contributed by atoms with Gasteiger partial charge in [-0.05, 0) is 61.9 Å². The van der Waals surface area contributed by atoms with E-state index in [9.17, 15) is 5.11 Å². The molecule has 106 valence electrons. The van der Waals surface area contributed by atoms with Crippen LogP contribution in [-0.4, -0.2) is 11.7 Å². The van der Waals surface area contributed by atoms with Crippen molar-refractivity contribution in [2.24, 2.45) is 5.73 Å². The van der Waals surface area contributed by atoms with Gasteiger partial charge in [-0.2, -0.15) is 0 Å². The van der Waals surface area contributed by atoms with E-state index in [-0.39, 0.29) is 5.41 Å². The summed E-state index contributed by atoms with van der Waals surface area (Å²) in [4.78, 5) is 0.950. The van der Waals surface area contributed by atoms with Crippen molar-refractivity contribution in [2.45, 2.75) is 24.4 Å². The summed E-state index contributed by atoms with van der Waals surface area (Å²) in [6.07, 6.45) is 1.32. The Balaban J connectivity index is 2.06. The van der Waals surface area contributed by atoms with E-state index >= 15 is 0 Å². The van der Waals surface area contributed by atoms with Gasteiger partial charge >= 0.3 is 0 Å². The molecule has 3 rings (SSSR count). The Morgan fingerprint density at radius 1 is 1.35 bits per heavy atom.